The molecule has 0 saturated carbocycles. The Hall–Kier alpha value is -1.42. The molecular formula is C9H5FO2S. The number of halogens is 1. The normalized spacial score (nSPS) is 10.5. The molecule has 0 amide bonds. The van der Waals surface area contributed by atoms with E-state index in [1.54, 1.807) is 6.07 Å². The fourth-order valence-electron chi connectivity index (χ4n) is 1.21. The van der Waals surface area contributed by atoms with Crippen molar-refractivity contribution in [3.63, 3.8) is 0 Å². The van der Waals surface area contributed by atoms with E-state index in [-0.39, 0.29) is 10.6 Å². The van der Waals surface area contributed by atoms with Gasteiger partial charge in [0.05, 0.1) is 10.3 Å². The molecule has 2 rings (SSSR count). The van der Waals surface area contributed by atoms with Gasteiger partial charge in [-0.05, 0) is 6.07 Å². The van der Waals surface area contributed by atoms with Crippen molar-refractivity contribution in [1.29, 1.82) is 0 Å². The first-order valence-corrected chi connectivity index (χ1v) is 4.41. The van der Waals surface area contributed by atoms with Crippen molar-refractivity contribution < 1.29 is 14.3 Å². The molecule has 0 unspecified atom stereocenters. The number of aldehydes is 1. The smallest absolute Gasteiger partial charge is 0.183 e. The molecule has 1 heterocycles. The second-order valence-electron chi connectivity index (χ2n) is 2.56. The number of carbonyl (C=O) groups is 1. The number of benzene rings is 1. The Morgan fingerprint density at radius 3 is 2.92 bits per heavy atom. The van der Waals surface area contributed by atoms with Gasteiger partial charge in [0.25, 0.3) is 0 Å². The van der Waals surface area contributed by atoms with E-state index in [0.29, 0.717) is 16.4 Å². The average molecular weight is 196 g/mol. The van der Waals surface area contributed by atoms with Crippen LogP contribution in [-0.2, 0) is 0 Å². The third kappa shape index (κ3) is 1.10. The first kappa shape index (κ1) is 8.19. The molecule has 0 aliphatic rings. The van der Waals surface area contributed by atoms with Gasteiger partial charge in [0.2, 0.25) is 0 Å². The zero-order valence-corrected chi connectivity index (χ0v) is 7.27. The number of rotatable bonds is 1. The van der Waals surface area contributed by atoms with Crippen molar-refractivity contribution >= 4 is 27.7 Å². The summed E-state index contributed by atoms with van der Waals surface area (Å²) in [6.45, 7) is 0. The first-order valence-electron chi connectivity index (χ1n) is 3.59. The van der Waals surface area contributed by atoms with Gasteiger partial charge >= 0.3 is 0 Å². The molecule has 0 fully saturated rings. The quantitative estimate of drug-likeness (QED) is 0.711. The first-order chi connectivity index (χ1) is 6.24. The van der Waals surface area contributed by atoms with Crippen molar-refractivity contribution in [1.82, 2.24) is 0 Å². The lowest BCUT2D eigenvalue weighted by molar-refractivity contribution is 0.112. The highest BCUT2D eigenvalue weighted by Crippen LogP contribution is 2.36. The van der Waals surface area contributed by atoms with Gasteiger partial charge in [-0.15, -0.1) is 0 Å². The fourth-order valence-corrected chi connectivity index (χ4v) is 2.12. The van der Waals surface area contributed by atoms with Crippen molar-refractivity contribution in [3.8, 4) is 5.06 Å². The van der Waals surface area contributed by atoms with Crippen molar-refractivity contribution in [3.05, 3.63) is 29.6 Å². The number of aromatic hydroxyl groups is 1. The Labute approximate surface area is 77.2 Å². The van der Waals surface area contributed by atoms with Crippen LogP contribution < -0.4 is 0 Å². The van der Waals surface area contributed by atoms with Gasteiger partial charge in [-0.2, -0.15) is 0 Å². The lowest BCUT2D eigenvalue weighted by atomic mass is 10.2. The fraction of sp³-hybridized carbons (Fsp3) is 0. The van der Waals surface area contributed by atoms with Gasteiger partial charge in [0.15, 0.2) is 11.3 Å². The highest BCUT2D eigenvalue weighted by atomic mass is 32.1. The SMILES string of the molecule is O=Cc1c(O)sc2c(F)cccc12. The highest BCUT2D eigenvalue weighted by molar-refractivity contribution is 7.21. The Balaban J connectivity index is 2.93. The largest absolute Gasteiger partial charge is 0.499 e. The van der Waals surface area contributed by atoms with Crippen molar-refractivity contribution in [2.24, 2.45) is 0 Å². The van der Waals surface area contributed by atoms with E-state index >= 15 is 0 Å². The minimum atomic E-state index is -0.411. The van der Waals surface area contributed by atoms with Crippen LogP contribution in [0, 0.1) is 5.82 Å². The molecule has 2 aromatic rings. The van der Waals surface area contributed by atoms with Crippen molar-refractivity contribution in [2.45, 2.75) is 0 Å². The topological polar surface area (TPSA) is 37.3 Å². The molecular weight excluding hydrogens is 191 g/mol. The summed E-state index contributed by atoms with van der Waals surface area (Å²) in [7, 11) is 0. The number of hydrogen-bond donors (Lipinski definition) is 1. The van der Waals surface area contributed by atoms with Gasteiger partial charge in [-0.3, -0.25) is 4.79 Å². The maximum absolute atomic E-state index is 13.1. The Bertz CT molecular complexity index is 476. The lowest BCUT2D eigenvalue weighted by Gasteiger charge is -1.90. The molecule has 2 nitrogen and oxygen atoms in total. The predicted octanol–water partition coefficient (Wildman–Crippen LogP) is 2.56. The summed E-state index contributed by atoms with van der Waals surface area (Å²) in [6.07, 6.45) is 0.535. The summed E-state index contributed by atoms with van der Waals surface area (Å²) in [5, 5.41) is 9.62. The standard InChI is InChI=1S/C9H5FO2S/c10-7-3-1-2-5-6(4-11)9(12)13-8(5)7/h1-4,12H. The van der Waals surface area contributed by atoms with Gasteiger partial charge < -0.3 is 5.11 Å². The molecule has 1 aromatic carbocycles. The number of carbonyl (C=O) groups excluding carboxylic acids is 1. The second kappa shape index (κ2) is 2.81. The Kier molecular flexibility index (Phi) is 1.77. The van der Waals surface area contributed by atoms with E-state index < -0.39 is 5.82 Å². The third-order valence-electron chi connectivity index (χ3n) is 1.80. The van der Waals surface area contributed by atoms with E-state index in [1.165, 1.54) is 12.1 Å². The third-order valence-corrected chi connectivity index (χ3v) is 2.84. The maximum Gasteiger partial charge on any atom is 0.183 e. The maximum atomic E-state index is 13.1. The molecule has 0 aliphatic carbocycles. The van der Waals surface area contributed by atoms with E-state index in [0.717, 1.165) is 11.3 Å². The summed E-state index contributed by atoms with van der Waals surface area (Å²) < 4.78 is 13.4. The van der Waals surface area contributed by atoms with Gasteiger partial charge in [-0.25, -0.2) is 4.39 Å². The summed E-state index contributed by atoms with van der Waals surface area (Å²) in [5.74, 6) is -0.411. The van der Waals surface area contributed by atoms with Gasteiger partial charge in [0, 0.05) is 5.39 Å². The molecule has 66 valence electrons. The van der Waals surface area contributed by atoms with E-state index in [4.69, 9.17) is 0 Å². The van der Waals surface area contributed by atoms with Gasteiger partial charge in [0.1, 0.15) is 5.82 Å². The van der Waals surface area contributed by atoms with Gasteiger partial charge in [-0.1, -0.05) is 23.5 Å². The highest BCUT2D eigenvalue weighted by Gasteiger charge is 2.12. The summed E-state index contributed by atoms with van der Waals surface area (Å²) >= 11 is 0.879. The number of fused-ring (bicyclic) bond motifs is 1. The minimum Gasteiger partial charge on any atom is -0.499 e. The average Bonchev–Trinajstić information content (AvgIpc) is 2.43. The van der Waals surface area contributed by atoms with Crippen LogP contribution in [0.15, 0.2) is 18.2 Å². The van der Waals surface area contributed by atoms with Crippen LogP contribution in [0.2, 0.25) is 0 Å². The molecule has 0 bridgehead atoms. The van der Waals surface area contributed by atoms with Crippen LogP contribution in [-0.4, -0.2) is 11.4 Å². The van der Waals surface area contributed by atoms with E-state index in [9.17, 15) is 14.3 Å². The number of thiophene rings is 1. The Morgan fingerprint density at radius 2 is 2.23 bits per heavy atom. The van der Waals surface area contributed by atoms with E-state index in [1.807, 2.05) is 0 Å². The van der Waals surface area contributed by atoms with Crippen molar-refractivity contribution in [2.75, 3.05) is 0 Å². The Morgan fingerprint density at radius 1 is 1.46 bits per heavy atom. The lowest BCUT2D eigenvalue weighted by Crippen LogP contribution is -1.77. The molecule has 0 spiro atoms. The molecule has 0 aliphatic heterocycles. The molecule has 1 N–H and O–H groups in total. The zero-order valence-electron chi connectivity index (χ0n) is 6.45. The second-order valence-corrected chi connectivity index (χ2v) is 3.55. The van der Waals surface area contributed by atoms with Crippen LogP contribution in [0.1, 0.15) is 10.4 Å². The molecule has 1 aromatic heterocycles. The van der Waals surface area contributed by atoms with Crippen LogP contribution in [0.4, 0.5) is 4.39 Å². The van der Waals surface area contributed by atoms with E-state index in [2.05, 4.69) is 0 Å². The zero-order chi connectivity index (χ0) is 9.42. The molecule has 0 atom stereocenters. The summed E-state index contributed by atoms with van der Waals surface area (Å²) in [5.41, 5.74) is 0.166. The number of hydrogen-bond acceptors (Lipinski definition) is 3. The summed E-state index contributed by atoms with van der Waals surface area (Å²) in [4.78, 5) is 10.5. The minimum absolute atomic E-state index is 0.130. The van der Waals surface area contributed by atoms with Crippen LogP contribution in [0.5, 0.6) is 5.06 Å². The summed E-state index contributed by atoms with van der Waals surface area (Å²) in [6, 6.07) is 4.42. The molecule has 13 heavy (non-hydrogen) atoms. The van der Waals surface area contributed by atoms with Crippen LogP contribution in [0.25, 0.3) is 10.1 Å². The van der Waals surface area contributed by atoms with Crippen LogP contribution in [0.3, 0.4) is 0 Å². The monoisotopic (exact) mass is 196 g/mol. The molecule has 0 radical (unpaired) electrons. The molecule has 0 saturated heterocycles. The van der Waals surface area contributed by atoms with Crippen LogP contribution >= 0.6 is 11.3 Å². The molecule has 4 heteroatoms. The predicted molar refractivity (Wildman–Crippen MR) is 48.8 cm³/mol.